The molecule has 1 aromatic rings. The molecule has 0 aromatic heterocycles. The zero-order chi connectivity index (χ0) is 13.9. The summed E-state index contributed by atoms with van der Waals surface area (Å²) in [6.07, 6.45) is 2.31. The summed E-state index contributed by atoms with van der Waals surface area (Å²) in [6.45, 7) is 4.91. The van der Waals surface area contributed by atoms with Gasteiger partial charge in [0.15, 0.2) is 9.84 Å². The Morgan fingerprint density at radius 3 is 2.58 bits per heavy atom. The fourth-order valence-corrected chi connectivity index (χ4v) is 3.26. The van der Waals surface area contributed by atoms with E-state index in [2.05, 4.69) is 17.6 Å². The van der Waals surface area contributed by atoms with Gasteiger partial charge in [-0.15, -0.1) is 0 Å². The molecule has 0 bridgehead atoms. The van der Waals surface area contributed by atoms with Crippen LogP contribution in [0.5, 0.6) is 0 Å². The van der Waals surface area contributed by atoms with Crippen LogP contribution >= 0.6 is 0 Å². The summed E-state index contributed by atoms with van der Waals surface area (Å²) >= 11 is 0. The van der Waals surface area contributed by atoms with Crippen LogP contribution < -0.4 is 10.6 Å². The maximum absolute atomic E-state index is 11.7. The fraction of sp³-hybridized carbons (Fsp3) is 0.571. The topological polar surface area (TPSA) is 58.2 Å². The van der Waals surface area contributed by atoms with Crippen LogP contribution in [0, 0.1) is 0 Å². The van der Waals surface area contributed by atoms with Crippen LogP contribution in [-0.2, 0) is 9.84 Å². The zero-order valence-electron chi connectivity index (χ0n) is 11.5. The molecule has 2 N–H and O–H groups in total. The Morgan fingerprint density at radius 2 is 2.00 bits per heavy atom. The van der Waals surface area contributed by atoms with Crippen molar-refractivity contribution in [1.29, 1.82) is 0 Å². The normalized spacial score (nSPS) is 24.1. The molecule has 1 heterocycles. The maximum Gasteiger partial charge on any atom is 0.178 e. The number of sulfone groups is 1. The van der Waals surface area contributed by atoms with E-state index in [1.54, 1.807) is 19.1 Å². The predicted molar refractivity (Wildman–Crippen MR) is 78.3 cm³/mol. The predicted octanol–water partition coefficient (Wildman–Crippen LogP) is 2.03. The number of benzene rings is 1. The first-order valence-corrected chi connectivity index (χ1v) is 8.51. The van der Waals surface area contributed by atoms with Crippen LogP contribution in [0.1, 0.15) is 26.7 Å². The van der Waals surface area contributed by atoms with Gasteiger partial charge in [0.05, 0.1) is 10.6 Å². The standard InChI is InChI=1S/C14H22N2O2S/c1-3-19(17,18)13-8-6-12(7-9-13)16-14-5-4-10-15-11(14)2/h6-9,11,14-16H,3-5,10H2,1-2H3. The van der Waals surface area contributed by atoms with Crippen LogP contribution in [0.3, 0.4) is 0 Å². The van der Waals surface area contributed by atoms with Gasteiger partial charge in [0.25, 0.3) is 0 Å². The second-order valence-corrected chi connectivity index (χ2v) is 7.34. The number of anilines is 1. The van der Waals surface area contributed by atoms with E-state index in [9.17, 15) is 8.42 Å². The molecule has 19 heavy (non-hydrogen) atoms. The third-order valence-corrected chi connectivity index (χ3v) is 5.46. The first kappa shape index (κ1) is 14.3. The van der Waals surface area contributed by atoms with E-state index in [4.69, 9.17) is 0 Å². The molecule has 0 saturated carbocycles. The maximum atomic E-state index is 11.7. The highest BCUT2D eigenvalue weighted by atomic mass is 32.2. The van der Waals surface area contributed by atoms with E-state index < -0.39 is 9.84 Å². The van der Waals surface area contributed by atoms with E-state index in [0.29, 0.717) is 17.0 Å². The van der Waals surface area contributed by atoms with Crippen molar-refractivity contribution < 1.29 is 8.42 Å². The highest BCUT2D eigenvalue weighted by Crippen LogP contribution is 2.19. The average Bonchev–Trinajstić information content (AvgIpc) is 2.42. The summed E-state index contributed by atoms with van der Waals surface area (Å²) in [6, 6.07) is 7.91. The molecule has 1 aromatic carbocycles. The monoisotopic (exact) mass is 282 g/mol. The van der Waals surface area contributed by atoms with Gasteiger partial charge in [0, 0.05) is 17.8 Å². The molecule has 1 fully saturated rings. The fourth-order valence-electron chi connectivity index (χ4n) is 2.38. The first-order valence-electron chi connectivity index (χ1n) is 6.85. The third kappa shape index (κ3) is 3.48. The number of hydrogen-bond acceptors (Lipinski definition) is 4. The molecule has 1 saturated heterocycles. The Balaban J connectivity index is 2.06. The van der Waals surface area contributed by atoms with Gasteiger partial charge in [-0.25, -0.2) is 8.42 Å². The molecule has 0 radical (unpaired) electrons. The minimum absolute atomic E-state index is 0.142. The number of rotatable bonds is 4. The third-order valence-electron chi connectivity index (χ3n) is 3.71. The summed E-state index contributed by atoms with van der Waals surface area (Å²) < 4.78 is 23.4. The van der Waals surface area contributed by atoms with Gasteiger partial charge in [-0.05, 0) is 50.6 Å². The van der Waals surface area contributed by atoms with E-state index in [0.717, 1.165) is 18.7 Å². The van der Waals surface area contributed by atoms with E-state index in [1.165, 1.54) is 6.42 Å². The summed E-state index contributed by atoms with van der Waals surface area (Å²) in [7, 11) is -3.10. The second-order valence-electron chi connectivity index (χ2n) is 5.06. The molecule has 0 spiro atoms. The van der Waals surface area contributed by atoms with Crippen LogP contribution in [0.25, 0.3) is 0 Å². The number of piperidine rings is 1. The molecule has 5 heteroatoms. The Kier molecular flexibility index (Phi) is 4.47. The molecule has 2 atom stereocenters. The van der Waals surface area contributed by atoms with Crippen molar-refractivity contribution in [2.45, 2.75) is 43.7 Å². The Labute approximate surface area is 115 Å². The van der Waals surface area contributed by atoms with E-state index >= 15 is 0 Å². The van der Waals surface area contributed by atoms with Gasteiger partial charge in [0.1, 0.15) is 0 Å². The molecule has 0 aliphatic carbocycles. The molecule has 4 nitrogen and oxygen atoms in total. The summed E-state index contributed by atoms with van der Waals surface area (Å²) in [5, 5.41) is 6.91. The number of hydrogen-bond donors (Lipinski definition) is 2. The highest BCUT2D eigenvalue weighted by molar-refractivity contribution is 7.91. The molecule has 0 amide bonds. The van der Waals surface area contributed by atoms with E-state index in [1.807, 2.05) is 12.1 Å². The summed E-state index contributed by atoms with van der Waals surface area (Å²) in [4.78, 5) is 0.398. The summed E-state index contributed by atoms with van der Waals surface area (Å²) in [5.74, 6) is 0.142. The smallest absolute Gasteiger partial charge is 0.178 e. The largest absolute Gasteiger partial charge is 0.381 e. The van der Waals surface area contributed by atoms with Crippen LogP contribution in [-0.4, -0.2) is 32.8 Å². The number of nitrogens with one attached hydrogen (secondary N) is 2. The van der Waals surface area contributed by atoms with Crippen LogP contribution in [0.15, 0.2) is 29.2 Å². The molecule has 1 aliphatic rings. The van der Waals surface area contributed by atoms with Gasteiger partial charge >= 0.3 is 0 Å². The van der Waals surface area contributed by atoms with Gasteiger partial charge in [-0.3, -0.25) is 0 Å². The van der Waals surface area contributed by atoms with Crippen molar-refractivity contribution in [2.24, 2.45) is 0 Å². The van der Waals surface area contributed by atoms with Gasteiger partial charge in [-0.1, -0.05) is 6.92 Å². The Bertz CT molecular complexity index is 511. The van der Waals surface area contributed by atoms with E-state index in [-0.39, 0.29) is 5.75 Å². The summed E-state index contributed by atoms with van der Waals surface area (Å²) in [5.41, 5.74) is 0.982. The van der Waals surface area contributed by atoms with Crippen molar-refractivity contribution in [1.82, 2.24) is 5.32 Å². The molecule has 2 unspecified atom stereocenters. The first-order chi connectivity index (χ1) is 9.03. The van der Waals surface area contributed by atoms with Gasteiger partial charge in [-0.2, -0.15) is 0 Å². The lowest BCUT2D eigenvalue weighted by molar-refractivity contribution is 0.389. The Morgan fingerprint density at radius 1 is 1.32 bits per heavy atom. The molecule has 2 rings (SSSR count). The Hall–Kier alpha value is -1.07. The second kappa shape index (κ2) is 5.92. The van der Waals surface area contributed by atoms with Crippen molar-refractivity contribution in [2.75, 3.05) is 17.6 Å². The molecule has 1 aliphatic heterocycles. The lowest BCUT2D eigenvalue weighted by Gasteiger charge is -2.31. The minimum atomic E-state index is -3.10. The van der Waals surface area contributed by atoms with Crippen molar-refractivity contribution in [3.8, 4) is 0 Å². The van der Waals surface area contributed by atoms with Gasteiger partial charge < -0.3 is 10.6 Å². The average molecular weight is 282 g/mol. The molecular weight excluding hydrogens is 260 g/mol. The quantitative estimate of drug-likeness (QED) is 0.887. The zero-order valence-corrected chi connectivity index (χ0v) is 12.3. The SMILES string of the molecule is CCS(=O)(=O)c1ccc(NC2CCCNC2C)cc1. The highest BCUT2D eigenvalue weighted by Gasteiger charge is 2.20. The lowest BCUT2D eigenvalue weighted by Crippen LogP contribution is -2.46. The lowest BCUT2D eigenvalue weighted by atomic mass is 9.99. The molecular formula is C14H22N2O2S. The van der Waals surface area contributed by atoms with Crippen molar-refractivity contribution in [3.63, 3.8) is 0 Å². The van der Waals surface area contributed by atoms with Gasteiger partial charge in [0.2, 0.25) is 0 Å². The minimum Gasteiger partial charge on any atom is -0.381 e. The van der Waals surface area contributed by atoms with Crippen molar-refractivity contribution in [3.05, 3.63) is 24.3 Å². The van der Waals surface area contributed by atoms with Crippen LogP contribution in [0.2, 0.25) is 0 Å². The van der Waals surface area contributed by atoms with Crippen molar-refractivity contribution >= 4 is 15.5 Å². The molecule has 106 valence electrons. The van der Waals surface area contributed by atoms with Crippen LogP contribution in [0.4, 0.5) is 5.69 Å².